The van der Waals surface area contributed by atoms with E-state index in [2.05, 4.69) is 15.0 Å². The first-order valence-electron chi connectivity index (χ1n) is 4.09. The van der Waals surface area contributed by atoms with Crippen LogP contribution in [0.25, 0.3) is 10.8 Å². The van der Waals surface area contributed by atoms with Gasteiger partial charge in [-0.05, 0) is 0 Å². The molecule has 3 nitrogen and oxygen atoms in total. The standard InChI is InChI=1S/C8H2Cl2F3N3S/c9-4-1-5(10)16-6(15-4)7-14-3(2-17-7)8(11,12)13/h1-2H. The van der Waals surface area contributed by atoms with Crippen molar-refractivity contribution in [2.24, 2.45) is 0 Å². The molecule has 0 unspecified atom stereocenters. The third kappa shape index (κ3) is 2.85. The molecule has 0 aliphatic rings. The second-order valence-electron chi connectivity index (χ2n) is 2.87. The highest BCUT2D eigenvalue weighted by Gasteiger charge is 2.34. The molecular formula is C8H2Cl2F3N3S. The summed E-state index contributed by atoms with van der Waals surface area (Å²) in [5, 5.41) is 0.988. The van der Waals surface area contributed by atoms with Gasteiger partial charge < -0.3 is 0 Å². The van der Waals surface area contributed by atoms with Crippen LogP contribution in [0.4, 0.5) is 13.2 Å². The number of aromatic nitrogens is 3. The van der Waals surface area contributed by atoms with Crippen molar-refractivity contribution in [2.75, 3.05) is 0 Å². The minimum Gasteiger partial charge on any atom is -0.228 e. The zero-order valence-electron chi connectivity index (χ0n) is 7.79. The molecule has 9 heteroatoms. The number of hydrogen-bond donors (Lipinski definition) is 0. The van der Waals surface area contributed by atoms with E-state index in [-0.39, 0.29) is 21.1 Å². The molecule has 2 aromatic rings. The van der Waals surface area contributed by atoms with E-state index in [1.165, 1.54) is 6.07 Å². The van der Waals surface area contributed by atoms with Gasteiger partial charge in [0.2, 0.25) is 0 Å². The van der Waals surface area contributed by atoms with Gasteiger partial charge >= 0.3 is 6.18 Å². The molecule has 0 spiro atoms. The third-order valence-electron chi connectivity index (χ3n) is 1.65. The average Bonchev–Trinajstić information content (AvgIpc) is 2.63. The van der Waals surface area contributed by atoms with E-state index >= 15 is 0 Å². The summed E-state index contributed by atoms with van der Waals surface area (Å²) in [5.41, 5.74) is -0.989. The third-order valence-corrected chi connectivity index (χ3v) is 2.88. The highest BCUT2D eigenvalue weighted by atomic mass is 35.5. The number of thiazole rings is 1. The van der Waals surface area contributed by atoms with Crippen molar-refractivity contribution in [2.45, 2.75) is 6.18 Å². The van der Waals surface area contributed by atoms with E-state index in [1.54, 1.807) is 0 Å². The van der Waals surface area contributed by atoms with E-state index in [9.17, 15) is 13.2 Å². The Hall–Kier alpha value is -0.920. The molecule has 2 heterocycles. The normalized spacial score (nSPS) is 11.8. The minimum atomic E-state index is -4.49. The molecule has 0 aliphatic heterocycles. The Labute approximate surface area is 107 Å². The van der Waals surface area contributed by atoms with Gasteiger partial charge in [-0.1, -0.05) is 23.2 Å². The number of hydrogen-bond acceptors (Lipinski definition) is 4. The fourth-order valence-corrected chi connectivity index (χ4v) is 2.17. The molecule has 0 amide bonds. The summed E-state index contributed by atoms with van der Waals surface area (Å²) in [7, 11) is 0. The van der Waals surface area contributed by atoms with Crippen LogP contribution in [0.1, 0.15) is 5.69 Å². The lowest BCUT2D eigenvalue weighted by Crippen LogP contribution is -2.05. The fourth-order valence-electron chi connectivity index (χ4n) is 0.992. The molecule has 0 N–H and O–H groups in total. The van der Waals surface area contributed by atoms with Gasteiger partial charge in [-0.2, -0.15) is 13.2 Å². The van der Waals surface area contributed by atoms with Crippen molar-refractivity contribution in [3.63, 3.8) is 0 Å². The van der Waals surface area contributed by atoms with Crippen molar-refractivity contribution in [3.8, 4) is 10.8 Å². The topological polar surface area (TPSA) is 38.7 Å². The largest absolute Gasteiger partial charge is 0.434 e. The predicted molar refractivity (Wildman–Crippen MR) is 58.2 cm³/mol. The maximum Gasteiger partial charge on any atom is 0.434 e. The molecule has 0 fully saturated rings. The van der Waals surface area contributed by atoms with Crippen LogP contribution in [0.5, 0.6) is 0 Å². The molecule has 0 saturated heterocycles. The van der Waals surface area contributed by atoms with E-state index < -0.39 is 11.9 Å². The molecule has 90 valence electrons. The molecule has 0 aliphatic carbocycles. The lowest BCUT2D eigenvalue weighted by Gasteiger charge is -2.00. The first-order valence-corrected chi connectivity index (χ1v) is 5.73. The van der Waals surface area contributed by atoms with Crippen molar-refractivity contribution >= 4 is 34.5 Å². The van der Waals surface area contributed by atoms with Crippen LogP contribution in [0.3, 0.4) is 0 Å². The van der Waals surface area contributed by atoms with Crippen molar-refractivity contribution in [3.05, 3.63) is 27.4 Å². The Bertz CT molecular complexity index is 535. The Balaban J connectivity index is 2.44. The first-order chi connectivity index (χ1) is 7.86. The minimum absolute atomic E-state index is 0.0155. The molecule has 0 atom stereocenters. The molecule has 0 radical (unpaired) electrons. The molecule has 0 bridgehead atoms. The number of halogens is 5. The monoisotopic (exact) mass is 299 g/mol. The number of nitrogens with zero attached hydrogens (tertiary/aromatic N) is 3. The molecule has 2 rings (SSSR count). The van der Waals surface area contributed by atoms with Gasteiger partial charge in [-0.25, -0.2) is 15.0 Å². The summed E-state index contributed by atoms with van der Waals surface area (Å²) in [6, 6.07) is 1.28. The first kappa shape index (κ1) is 12.5. The summed E-state index contributed by atoms with van der Waals surface area (Å²) < 4.78 is 37.0. The molecule has 2 aromatic heterocycles. The van der Waals surface area contributed by atoms with Crippen LogP contribution in [0, 0.1) is 0 Å². The van der Waals surface area contributed by atoms with Crippen molar-refractivity contribution < 1.29 is 13.2 Å². The predicted octanol–water partition coefficient (Wildman–Crippen LogP) is 3.93. The second kappa shape index (κ2) is 4.40. The summed E-state index contributed by atoms with van der Waals surface area (Å²) in [5.74, 6) is -0.0250. The Kier molecular flexibility index (Phi) is 3.24. The van der Waals surface area contributed by atoms with Crippen LogP contribution in [-0.2, 0) is 6.18 Å². The van der Waals surface area contributed by atoms with E-state index in [1.807, 2.05) is 0 Å². The quantitative estimate of drug-likeness (QED) is 0.749. The average molecular weight is 300 g/mol. The van der Waals surface area contributed by atoms with E-state index in [0.717, 1.165) is 16.7 Å². The number of alkyl halides is 3. The lowest BCUT2D eigenvalue weighted by atomic mass is 10.5. The van der Waals surface area contributed by atoms with Gasteiger partial charge in [0.15, 0.2) is 16.5 Å². The Morgan fingerprint density at radius 3 is 2.12 bits per heavy atom. The summed E-state index contributed by atoms with van der Waals surface area (Å²) in [6.45, 7) is 0. The van der Waals surface area contributed by atoms with Crippen molar-refractivity contribution in [1.29, 1.82) is 0 Å². The van der Waals surface area contributed by atoms with Gasteiger partial charge in [0.25, 0.3) is 0 Å². The van der Waals surface area contributed by atoms with E-state index in [4.69, 9.17) is 23.2 Å². The fraction of sp³-hybridized carbons (Fsp3) is 0.125. The van der Waals surface area contributed by atoms with Crippen molar-refractivity contribution in [1.82, 2.24) is 15.0 Å². The molecular weight excluding hydrogens is 298 g/mol. The van der Waals surface area contributed by atoms with Crippen LogP contribution in [0.15, 0.2) is 11.4 Å². The van der Waals surface area contributed by atoms with Gasteiger partial charge in [-0.15, -0.1) is 11.3 Å². The second-order valence-corrected chi connectivity index (χ2v) is 4.51. The van der Waals surface area contributed by atoms with Crippen LogP contribution < -0.4 is 0 Å². The maximum atomic E-state index is 12.3. The number of rotatable bonds is 1. The highest BCUT2D eigenvalue weighted by Crippen LogP contribution is 2.33. The van der Waals surface area contributed by atoms with E-state index in [0.29, 0.717) is 0 Å². The SMILES string of the molecule is FC(F)(F)c1csc(-c2nc(Cl)cc(Cl)n2)n1. The van der Waals surface area contributed by atoms with Gasteiger partial charge in [0, 0.05) is 11.4 Å². The molecule has 0 saturated carbocycles. The lowest BCUT2D eigenvalue weighted by molar-refractivity contribution is -0.140. The van der Waals surface area contributed by atoms with Crippen LogP contribution in [-0.4, -0.2) is 15.0 Å². The van der Waals surface area contributed by atoms with Gasteiger partial charge in [0.1, 0.15) is 10.3 Å². The van der Waals surface area contributed by atoms with Crippen LogP contribution >= 0.6 is 34.5 Å². The molecule has 17 heavy (non-hydrogen) atoms. The summed E-state index contributed by atoms with van der Waals surface area (Å²) in [6.07, 6.45) is -4.49. The smallest absolute Gasteiger partial charge is 0.228 e. The van der Waals surface area contributed by atoms with Gasteiger partial charge in [-0.3, -0.25) is 0 Å². The maximum absolute atomic E-state index is 12.3. The summed E-state index contributed by atoms with van der Waals surface area (Å²) in [4.78, 5) is 10.9. The zero-order valence-corrected chi connectivity index (χ0v) is 10.1. The Morgan fingerprint density at radius 2 is 1.65 bits per heavy atom. The highest BCUT2D eigenvalue weighted by molar-refractivity contribution is 7.13. The van der Waals surface area contributed by atoms with Gasteiger partial charge in [0.05, 0.1) is 0 Å². The zero-order chi connectivity index (χ0) is 12.6. The molecule has 0 aromatic carbocycles. The summed E-state index contributed by atoms with van der Waals surface area (Å²) >= 11 is 12.0. The Morgan fingerprint density at radius 1 is 1.06 bits per heavy atom. The van der Waals surface area contributed by atoms with Crippen LogP contribution in [0.2, 0.25) is 10.3 Å².